The molecule has 0 aliphatic heterocycles. The van der Waals surface area contributed by atoms with Crippen LogP contribution in [0.1, 0.15) is 45.9 Å². The second-order valence-electron chi connectivity index (χ2n) is 5.41. The van der Waals surface area contributed by atoms with E-state index in [1.807, 2.05) is 43.3 Å². The standard InChI is InChI=1S/C18H22N2O2S/c1-3-7-15(14-8-5-4-6-9-14)20-17(21)12-19-18(22)16-11-10-13(2)23-16/h4-6,8-11,15H,3,7,12H2,1-2H3,(H,19,22)(H,20,21). The highest BCUT2D eigenvalue weighted by molar-refractivity contribution is 7.13. The summed E-state index contributed by atoms with van der Waals surface area (Å²) in [6, 6.07) is 13.5. The first-order chi connectivity index (χ1) is 11.1. The first-order valence-corrected chi connectivity index (χ1v) is 8.60. The van der Waals surface area contributed by atoms with Gasteiger partial charge < -0.3 is 10.6 Å². The number of amides is 2. The summed E-state index contributed by atoms with van der Waals surface area (Å²) < 4.78 is 0. The molecule has 0 spiro atoms. The van der Waals surface area contributed by atoms with Gasteiger partial charge in [-0.1, -0.05) is 43.7 Å². The molecule has 1 atom stereocenters. The van der Waals surface area contributed by atoms with Crippen molar-refractivity contribution in [2.24, 2.45) is 0 Å². The molecule has 0 bridgehead atoms. The Morgan fingerprint density at radius 3 is 2.48 bits per heavy atom. The van der Waals surface area contributed by atoms with Crippen LogP contribution in [0.5, 0.6) is 0 Å². The number of benzene rings is 1. The molecule has 1 aromatic heterocycles. The lowest BCUT2D eigenvalue weighted by atomic mass is 10.0. The Balaban J connectivity index is 1.88. The molecular weight excluding hydrogens is 308 g/mol. The van der Waals surface area contributed by atoms with Gasteiger partial charge in [-0.2, -0.15) is 0 Å². The van der Waals surface area contributed by atoms with Crippen LogP contribution in [0.25, 0.3) is 0 Å². The van der Waals surface area contributed by atoms with Gasteiger partial charge in [0, 0.05) is 4.88 Å². The second kappa shape index (κ2) is 8.48. The maximum absolute atomic E-state index is 12.1. The van der Waals surface area contributed by atoms with E-state index in [2.05, 4.69) is 17.6 Å². The van der Waals surface area contributed by atoms with Crippen molar-refractivity contribution >= 4 is 23.2 Å². The fourth-order valence-corrected chi connectivity index (χ4v) is 3.13. The van der Waals surface area contributed by atoms with E-state index < -0.39 is 0 Å². The second-order valence-corrected chi connectivity index (χ2v) is 6.70. The highest BCUT2D eigenvalue weighted by Gasteiger charge is 2.15. The SMILES string of the molecule is CCCC(NC(=O)CNC(=O)c1ccc(C)s1)c1ccccc1. The molecule has 1 heterocycles. The van der Waals surface area contributed by atoms with Gasteiger partial charge in [0.2, 0.25) is 5.91 Å². The number of rotatable bonds is 7. The zero-order chi connectivity index (χ0) is 16.7. The van der Waals surface area contributed by atoms with Gasteiger partial charge in [0.15, 0.2) is 0 Å². The van der Waals surface area contributed by atoms with E-state index in [0.717, 1.165) is 23.3 Å². The molecule has 0 saturated carbocycles. The van der Waals surface area contributed by atoms with Crippen molar-refractivity contribution in [3.63, 3.8) is 0 Å². The molecule has 0 saturated heterocycles. The molecule has 0 aliphatic rings. The molecule has 0 fully saturated rings. The summed E-state index contributed by atoms with van der Waals surface area (Å²) in [6.45, 7) is 4.02. The summed E-state index contributed by atoms with van der Waals surface area (Å²) >= 11 is 1.42. The van der Waals surface area contributed by atoms with Gasteiger partial charge in [0.05, 0.1) is 17.5 Å². The third kappa shape index (κ3) is 5.21. The van der Waals surface area contributed by atoms with Gasteiger partial charge in [-0.25, -0.2) is 0 Å². The van der Waals surface area contributed by atoms with Crippen molar-refractivity contribution in [2.45, 2.75) is 32.7 Å². The Morgan fingerprint density at radius 1 is 1.13 bits per heavy atom. The third-order valence-electron chi connectivity index (χ3n) is 3.49. The summed E-state index contributed by atoms with van der Waals surface area (Å²) in [5.41, 5.74) is 1.09. The minimum atomic E-state index is -0.204. The van der Waals surface area contributed by atoms with Crippen molar-refractivity contribution in [3.8, 4) is 0 Å². The van der Waals surface area contributed by atoms with Gasteiger partial charge in [-0.15, -0.1) is 11.3 Å². The molecule has 2 amide bonds. The first kappa shape index (κ1) is 17.2. The van der Waals surface area contributed by atoms with Crippen LogP contribution >= 0.6 is 11.3 Å². The normalized spacial score (nSPS) is 11.7. The van der Waals surface area contributed by atoms with E-state index in [-0.39, 0.29) is 24.4 Å². The lowest BCUT2D eigenvalue weighted by molar-refractivity contribution is -0.120. The summed E-state index contributed by atoms with van der Waals surface area (Å²) in [5, 5.41) is 5.67. The first-order valence-electron chi connectivity index (χ1n) is 7.79. The van der Waals surface area contributed by atoms with Crippen LogP contribution in [0.4, 0.5) is 0 Å². The Hall–Kier alpha value is -2.14. The zero-order valence-corrected chi connectivity index (χ0v) is 14.3. The van der Waals surface area contributed by atoms with Crippen molar-refractivity contribution in [1.82, 2.24) is 10.6 Å². The van der Waals surface area contributed by atoms with Crippen LogP contribution in [0.2, 0.25) is 0 Å². The molecule has 2 N–H and O–H groups in total. The number of carbonyl (C=O) groups excluding carboxylic acids is 2. The lowest BCUT2D eigenvalue weighted by Crippen LogP contribution is -2.38. The highest BCUT2D eigenvalue weighted by Crippen LogP contribution is 2.18. The van der Waals surface area contributed by atoms with Crippen LogP contribution < -0.4 is 10.6 Å². The number of nitrogens with one attached hydrogen (secondary N) is 2. The molecule has 122 valence electrons. The fourth-order valence-electron chi connectivity index (χ4n) is 2.35. The number of aryl methyl sites for hydroxylation is 1. The Kier molecular flexibility index (Phi) is 6.35. The van der Waals surface area contributed by atoms with Crippen LogP contribution in [0.15, 0.2) is 42.5 Å². The van der Waals surface area contributed by atoms with E-state index in [9.17, 15) is 9.59 Å². The minimum absolute atomic E-state index is 0.0111. The Labute approximate surface area is 140 Å². The molecule has 1 unspecified atom stereocenters. The number of thiophene rings is 1. The average molecular weight is 330 g/mol. The predicted octanol–water partition coefficient (Wildman–Crippen LogP) is 3.44. The van der Waals surface area contributed by atoms with Gasteiger partial charge in [0.1, 0.15) is 0 Å². The number of hydrogen-bond acceptors (Lipinski definition) is 3. The molecule has 2 rings (SSSR count). The predicted molar refractivity (Wildman–Crippen MR) is 93.6 cm³/mol. The molecule has 2 aromatic rings. The quantitative estimate of drug-likeness (QED) is 0.817. The van der Waals surface area contributed by atoms with Crippen LogP contribution in [0.3, 0.4) is 0 Å². The topological polar surface area (TPSA) is 58.2 Å². The van der Waals surface area contributed by atoms with Gasteiger partial charge in [0.25, 0.3) is 5.91 Å². The van der Waals surface area contributed by atoms with Crippen molar-refractivity contribution in [1.29, 1.82) is 0 Å². The maximum atomic E-state index is 12.1. The van der Waals surface area contributed by atoms with E-state index in [1.165, 1.54) is 11.3 Å². The Morgan fingerprint density at radius 2 is 1.87 bits per heavy atom. The molecule has 1 aromatic carbocycles. The third-order valence-corrected chi connectivity index (χ3v) is 4.49. The zero-order valence-electron chi connectivity index (χ0n) is 13.5. The maximum Gasteiger partial charge on any atom is 0.261 e. The highest BCUT2D eigenvalue weighted by atomic mass is 32.1. The van der Waals surface area contributed by atoms with Gasteiger partial charge >= 0.3 is 0 Å². The van der Waals surface area contributed by atoms with Crippen LogP contribution in [-0.4, -0.2) is 18.4 Å². The van der Waals surface area contributed by atoms with E-state index >= 15 is 0 Å². The molecule has 4 nitrogen and oxygen atoms in total. The van der Waals surface area contributed by atoms with Crippen LogP contribution in [-0.2, 0) is 4.79 Å². The van der Waals surface area contributed by atoms with Crippen molar-refractivity contribution in [3.05, 3.63) is 57.8 Å². The smallest absolute Gasteiger partial charge is 0.261 e. The summed E-state index contributed by atoms with van der Waals surface area (Å²) in [7, 11) is 0. The summed E-state index contributed by atoms with van der Waals surface area (Å²) in [4.78, 5) is 25.8. The van der Waals surface area contributed by atoms with Crippen molar-refractivity contribution in [2.75, 3.05) is 6.54 Å². The van der Waals surface area contributed by atoms with E-state index in [0.29, 0.717) is 4.88 Å². The van der Waals surface area contributed by atoms with Crippen molar-refractivity contribution < 1.29 is 9.59 Å². The molecule has 0 aliphatic carbocycles. The lowest BCUT2D eigenvalue weighted by Gasteiger charge is -2.18. The van der Waals surface area contributed by atoms with Gasteiger partial charge in [-0.05, 0) is 31.0 Å². The number of hydrogen-bond donors (Lipinski definition) is 2. The largest absolute Gasteiger partial charge is 0.348 e. The fraction of sp³-hybridized carbons (Fsp3) is 0.333. The van der Waals surface area contributed by atoms with E-state index in [1.54, 1.807) is 6.07 Å². The minimum Gasteiger partial charge on any atom is -0.348 e. The van der Waals surface area contributed by atoms with Crippen LogP contribution in [0, 0.1) is 6.92 Å². The average Bonchev–Trinajstić information content (AvgIpc) is 2.99. The summed E-state index contributed by atoms with van der Waals surface area (Å²) in [5.74, 6) is -0.376. The van der Waals surface area contributed by atoms with Gasteiger partial charge in [-0.3, -0.25) is 9.59 Å². The molecule has 23 heavy (non-hydrogen) atoms. The molecule has 5 heteroatoms. The molecule has 0 radical (unpaired) electrons. The molecular formula is C18H22N2O2S. The monoisotopic (exact) mass is 330 g/mol. The van der Waals surface area contributed by atoms with E-state index in [4.69, 9.17) is 0 Å². The number of carbonyl (C=O) groups is 2. The Bertz CT molecular complexity index is 652. The summed E-state index contributed by atoms with van der Waals surface area (Å²) in [6.07, 6.45) is 1.84.